The lowest BCUT2D eigenvalue weighted by atomic mass is 10.2. The van der Waals surface area contributed by atoms with Crippen LogP contribution >= 0.6 is 22.9 Å². The molecule has 3 nitrogen and oxygen atoms in total. The van der Waals surface area contributed by atoms with E-state index < -0.39 is 5.97 Å². The molecule has 0 aliphatic rings. The fourth-order valence-electron chi connectivity index (χ4n) is 1.26. The van der Waals surface area contributed by atoms with Crippen LogP contribution in [0.1, 0.15) is 21.1 Å². The first kappa shape index (κ1) is 11.1. The van der Waals surface area contributed by atoms with Gasteiger partial charge in [-0.25, -0.2) is 4.98 Å². The lowest BCUT2D eigenvalue weighted by molar-refractivity contribution is -0.255. The molecule has 0 N–H and O–H groups in total. The molecule has 0 aliphatic carbocycles. The number of hydrogen-bond acceptors (Lipinski definition) is 4. The normalized spacial score (nSPS) is 10.3. The van der Waals surface area contributed by atoms with E-state index in [4.69, 9.17) is 11.6 Å². The minimum atomic E-state index is -1.24. The monoisotopic (exact) mass is 252 g/mol. The van der Waals surface area contributed by atoms with Gasteiger partial charge in [-0.3, -0.25) is 0 Å². The van der Waals surface area contributed by atoms with Crippen LogP contribution in [0.5, 0.6) is 0 Å². The van der Waals surface area contributed by atoms with Gasteiger partial charge in [-0.1, -0.05) is 23.7 Å². The first-order chi connectivity index (χ1) is 7.65. The van der Waals surface area contributed by atoms with E-state index in [1.165, 1.54) is 16.7 Å². The van der Waals surface area contributed by atoms with E-state index in [9.17, 15) is 9.90 Å². The molecule has 0 amide bonds. The standard InChI is InChI=1S/C11H8ClNO2S/c12-8-3-1-7(2-4-8)5-10-13-9(6-16-10)11(14)15/h1-4,6H,5H2,(H,14,15)/p-1. The summed E-state index contributed by atoms with van der Waals surface area (Å²) in [4.78, 5) is 14.5. The fraction of sp³-hybridized carbons (Fsp3) is 0.0909. The van der Waals surface area contributed by atoms with Crippen LogP contribution in [0.4, 0.5) is 0 Å². The lowest BCUT2D eigenvalue weighted by Crippen LogP contribution is -2.22. The third-order valence-corrected chi connectivity index (χ3v) is 3.13. The van der Waals surface area contributed by atoms with E-state index in [0.717, 1.165) is 10.6 Å². The Morgan fingerprint density at radius 2 is 2.06 bits per heavy atom. The van der Waals surface area contributed by atoms with Crippen LogP contribution in [0.15, 0.2) is 29.6 Å². The topological polar surface area (TPSA) is 53.0 Å². The Morgan fingerprint density at radius 1 is 1.38 bits per heavy atom. The highest BCUT2D eigenvalue weighted by Gasteiger charge is 2.03. The van der Waals surface area contributed by atoms with Crippen LogP contribution in [-0.4, -0.2) is 11.0 Å². The summed E-state index contributed by atoms with van der Waals surface area (Å²) in [7, 11) is 0. The quantitative estimate of drug-likeness (QED) is 0.836. The molecule has 0 atom stereocenters. The summed E-state index contributed by atoms with van der Waals surface area (Å²) in [5, 5.41) is 13.4. The van der Waals surface area contributed by atoms with Crippen molar-refractivity contribution in [3.8, 4) is 0 Å². The molecule has 0 spiro atoms. The number of aromatic nitrogens is 1. The Balaban J connectivity index is 2.14. The average molecular weight is 253 g/mol. The SMILES string of the molecule is O=C([O-])c1csc(Cc2ccc(Cl)cc2)n1. The smallest absolute Gasteiger partial charge is 0.0977 e. The number of aromatic carboxylic acids is 1. The number of carbonyl (C=O) groups excluding carboxylic acids is 1. The highest BCUT2D eigenvalue weighted by Crippen LogP contribution is 2.16. The number of thiazole rings is 1. The molecular formula is C11H7ClNO2S-. The molecule has 0 radical (unpaired) electrons. The number of carbonyl (C=O) groups is 1. The van der Waals surface area contributed by atoms with Crippen molar-refractivity contribution in [2.24, 2.45) is 0 Å². The predicted molar refractivity (Wildman–Crippen MR) is 60.7 cm³/mol. The second-order valence-corrected chi connectivity index (χ2v) is 4.60. The van der Waals surface area contributed by atoms with Crippen LogP contribution in [0, 0.1) is 0 Å². The molecular weight excluding hydrogens is 246 g/mol. The largest absolute Gasteiger partial charge is 0.543 e. The molecule has 2 aromatic rings. The van der Waals surface area contributed by atoms with Crippen molar-refractivity contribution >= 4 is 28.9 Å². The molecule has 16 heavy (non-hydrogen) atoms. The second-order valence-electron chi connectivity index (χ2n) is 3.22. The Bertz CT molecular complexity index is 507. The van der Waals surface area contributed by atoms with E-state index in [2.05, 4.69) is 4.98 Å². The van der Waals surface area contributed by atoms with Gasteiger partial charge in [0.15, 0.2) is 0 Å². The van der Waals surface area contributed by atoms with E-state index in [1.807, 2.05) is 12.1 Å². The van der Waals surface area contributed by atoms with Gasteiger partial charge in [0.25, 0.3) is 0 Å². The molecule has 5 heteroatoms. The maximum Gasteiger partial charge on any atom is 0.0977 e. The average Bonchev–Trinajstić information content (AvgIpc) is 2.70. The van der Waals surface area contributed by atoms with Gasteiger partial charge in [-0.05, 0) is 17.7 Å². The number of carboxylic acids is 1. The van der Waals surface area contributed by atoms with Gasteiger partial charge >= 0.3 is 0 Å². The summed E-state index contributed by atoms with van der Waals surface area (Å²) >= 11 is 7.07. The van der Waals surface area contributed by atoms with Gasteiger partial charge in [-0.2, -0.15) is 0 Å². The number of nitrogens with zero attached hydrogens (tertiary/aromatic N) is 1. The minimum Gasteiger partial charge on any atom is -0.543 e. The van der Waals surface area contributed by atoms with Gasteiger partial charge < -0.3 is 9.90 Å². The summed E-state index contributed by atoms with van der Waals surface area (Å²) in [6.07, 6.45) is 0.606. The highest BCUT2D eigenvalue weighted by atomic mass is 35.5. The fourth-order valence-corrected chi connectivity index (χ4v) is 2.19. The number of benzene rings is 1. The van der Waals surface area contributed by atoms with Crippen LogP contribution in [-0.2, 0) is 6.42 Å². The third kappa shape index (κ3) is 2.59. The van der Waals surface area contributed by atoms with Gasteiger partial charge in [0.1, 0.15) is 0 Å². The molecule has 0 saturated heterocycles. The van der Waals surface area contributed by atoms with Crippen molar-refractivity contribution in [2.45, 2.75) is 6.42 Å². The maximum absolute atomic E-state index is 10.5. The van der Waals surface area contributed by atoms with E-state index in [-0.39, 0.29) is 5.69 Å². The molecule has 0 unspecified atom stereocenters. The van der Waals surface area contributed by atoms with Crippen molar-refractivity contribution in [2.75, 3.05) is 0 Å². The van der Waals surface area contributed by atoms with Crippen molar-refractivity contribution < 1.29 is 9.90 Å². The van der Waals surface area contributed by atoms with Crippen molar-refractivity contribution in [3.05, 3.63) is 50.9 Å². The lowest BCUT2D eigenvalue weighted by Gasteiger charge is -1.98. The van der Waals surface area contributed by atoms with Crippen LogP contribution in [0.3, 0.4) is 0 Å². The number of rotatable bonds is 3. The van der Waals surface area contributed by atoms with Crippen molar-refractivity contribution in [3.63, 3.8) is 0 Å². The van der Waals surface area contributed by atoms with E-state index >= 15 is 0 Å². The predicted octanol–water partition coefficient (Wildman–Crippen LogP) is 1.75. The van der Waals surface area contributed by atoms with Gasteiger partial charge in [-0.15, -0.1) is 11.3 Å². The first-order valence-corrected chi connectivity index (χ1v) is 5.81. The zero-order chi connectivity index (χ0) is 11.5. The number of carboxylic acid groups (broad SMARTS) is 1. The van der Waals surface area contributed by atoms with Crippen LogP contribution in [0.25, 0.3) is 0 Å². The van der Waals surface area contributed by atoms with Crippen LogP contribution < -0.4 is 5.11 Å². The maximum atomic E-state index is 10.5. The van der Waals surface area contributed by atoms with Gasteiger partial charge in [0, 0.05) is 16.8 Å². The summed E-state index contributed by atoms with van der Waals surface area (Å²) in [6, 6.07) is 7.37. The molecule has 0 saturated carbocycles. The number of hydrogen-bond donors (Lipinski definition) is 0. The molecule has 1 aromatic carbocycles. The molecule has 1 heterocycles. The highest BCUT2D eigenvalue weighted by molar-refractivity contribution is 7.09. The molecule has 82 valence electrons. The zero-order valence-electron chi connectivity index (χ0n) is 8.14. The molecule has 0 bridgehead atoms. The Labute approximate surface area is 101 Å². The summed E-state index contributed by atoms with van der Waals surface area (Å²) < 4.78 is 0. The van der Waals surface area contributed by atoms with E-state index in [1.54, 1.807) is 12.1 Å². The van der Waals surface area contributed by atoms with Crippen molar-refractivity contribution in [1.82, 2.24) is 4.98 Å². The van der Waals surface area contributed by atoms with Crippen LogP contribution in [0.2, 0.25) is 5.02 Å². The van der Waals surface area contributed by atoms with Crippen molar-refractivity contribution in [1.29, 1.82) is 0 Å². The third-order valence-electron chi connectivity index (χ3n) is 2.03. The Hall–Kier alpha value is -1.39. The first-order valence-electron chi connectivity index (χ1n) is 4.55. The molecule has 0 fully saturated rings. The summed E-state index contributed by atoms with van der Waals surface area (Å²) in [6.45, 7) is 0. The Kier molecular flexibility index (Phi) is 3.22. The molecule has 1 aromatic heterocycles. The Morgan fingerprint density at radius 3 is 2.62 bits per heavy atom. The minimum absolute atomic E-state index is 0.00559. The molecule has 0 aliphatic heterocycles. The second kappa shape index (κ2) is 4.63. The zero-order valence-corrected chi connectivity index (χ0v) is 9.72. The summed E-state index contributed by atoms with van der Waals surface area (Å²) in [5.41, 5.74) is 1.04. The number of halogens is 1. The van der Waals surface area contributed by atoms with Gasteiger partial charge in [0.05, 0.1) is 16.7 Å². The van der Waals surface area contributed by atoms with Gasteiger partial charge in [0.2, 0.25) is 0 Å². The molecule has 2 rings (SSSR count). The summed E-state index contributed by atoms with van der Waals surface area (Å²) in [5.74, 6) is -1.24. The van der Waals surface area contributed by atoms with E-state index in [0.29, 0.717) is 11.4 Å².